The summed E-state index contributed by atoms with van der Waals surface area (Å²) in [4.78, 5) is 4.19. The normalized spacial score (nSPS) is 10.4. The fraction of sp³-hybridized carbons (Fsp3) is 0.214. The fourth-order valence-electron chi connectivity index (χ4n) is 1.65. The predicted molar refractivity (Wildman–Crippen MR) is 73.0 cm³/mol. The molecule has 0 aliphatic rings. The Balaban J connectivity index is 2.28. The maximum absolute atomic E-state index is 6.11. The van der Waals surface area contributed by atoms with Crippen molar-refractivity contribution in [3.05, 3.63) is 52.7 Å². The van der Waals surface area contributed by atoms with Crippen molar-refractivity contribution in [3.8, 4) is 11.6 Å². The van der Waals surface area contributed by atoms with Gasteiger partial charge in [0.25, 0.3) is 0 Å². The van der Waals surface area contributed by atoms with Crippen molar-refractivity contribution < 1.29 is 4.74 Å². The second kappa shape index (κ2) is 5.85. The number of hydrogen-bond acceptors (Lipinski definition) is 3. The third-order valence-corrected chi connectivity index (χ3v) is 2.93. The van der Waals surface area contributed by atoms with Crippen molar-refractivity contribution in [1.29, 1.82) is 0 Å². The van der Waals surface area contributed by atoms with Gasteiger partial charge in [0.1, 0.15) is 10.8 Å². The number of hydrogen-bond donors (Lipinski definition) is 1. The molecule has 1 heterocycles. The summed E-state index contributed by atoms with van der Waals surface area (Å²) in [6, 6.07) is 9.62. The van der Waals surface area contributed by atoms with E-state index in [-0.39, 0.29) is 0 Å². The third-order valence-electron chi connectivity index (χ3n) is 2.66. The third kappa shape index (κ3) is 2.81. The Bertz CT molecular complexity index is 543. The average molecular weight is 263 g/mol. The SMILES string of the molecule is CCc1ccccc1Oc1ncc(CN)cc1Cl. The minimum Gasteiger partial charge on any atom is -0.437 e. The number of ether oxygens (including phenoxy) is 1. The van der Waals surface area contributed by atoms with Crippen LogP contribution in [0.3, 0.4) is 0 Å². The summed E-state index contributed by atoms with van der Waals surface area (Å²) in [5, 5.41) is 0.476. The molecule has 2 N–H and O–H groups in total. The van der Waals surface area contributed by atoms with Crippen LogP contribution < -0.4 is 10.5 Å². The van der Waals surface area contributed by atoms with E-state index in [0.717, 1.165) is 23.3 Å². The van der Waals surface area contributed by atoms with Gasteiger partial charge in [0.05, 0.1) is 0 Å². The van der Waals surface area contributed by atoms with Gasteiger partial charge in [-0.15, -0.1) is 0 Å². The molecule has 0 aliphatic carbocycles. The lowest BCUT2D eigenvalue weighted by molar-refractivity contribution is 0.457. The van der Waals surface area contributed by atoms with Crippen LogP contribution in [0, 0.1) is 0 Å². The average Bonchev–Trinajstić information content (AvgIpc) is 2.41. The van der Waals surface area contributed by atoms with Gasteiger partial charge in [-0.05, 0) is 29.7 Å². The van der Waals surface area contributed by atoms with E-state index in [0.29, 0.717) is 17.4 Å². The van der Waals surface area contributed by atoms with Crippen LogP contribution in [0.5, 0.6) is 11.6 Å². The molecule has 2 rings (SSSR count). The number of para-hydroxylation sites is 1. The number of pyridine rings is 1. The predicted octanol–water partition coefficient (Wildman–Crippen LogP) is 3.55. The van der Waals surface area contributed by atoms with Crippen LogP contribution in [0.1, 0.15) is 18.1 Å². The molecule has 0 saturated carbocycles. The number of benzene rings is 1. The zero-order chi connectivity index (χ0) is 13.0. The molecule has 2 aromatic rings. The van der Waals surface area contributed by atoms with Crippen molar-refractivity contribution in [2.75, 3.05) is 0 Å². The van der Waals surface area contributed by atoms with Crippen molar-refractivity contribution >= 4 is 11.6 Å². The minimum absolute atomic E-state index is 0.412. The Morgan fingerprint density at radius 2 is 2.11 bits per heavy atom. The van der Waals surface area contributed by atoms with E-state index in [9.17, 15) is 0 Å². The van der Waals surface area contributed by atoms with Gasteiger partial charge in [-0.2, -0.15) is 0 Å². The molecule has 0 atom stereocenters. The minimum atomic E-state index is 0.412. The maximum atomic E-state index is 6.11. The molecule has 94 valence electrons. The van der Waals surface area contributed by atoms with Crippen LogP contribution in [0.25, 0.3) is 0 Å². The highest BCUT2D eigenvalue weighted by Crippen LogP contribution is 2.29. The van der Waals surface area contributed by atoms with Crippen LogP contribution in [-0.2, 0) is 13.0 Å². The number of aromatic nitrogens is 1. The summed E-state index contributed by atoms with van der Waals surface area (Å²) < 4.78 is 5.75. The van der Waals surface area contributed by atoms with Crippen LogP contribution in [-0.4, -0.2) is 4.98 Å². The topological polar surface area (TPSA) is 48.1 Å². The first-order chi connectivity index (χ1) is 8.74. The molecule has 0 unspecified atom stereocenters. The summed E-state index contributed by atoms with van der Waals surface area (Å²) in [5.41, 5.74) is 7.54. The van der Waals surface area contributed by atoms with Gasteiger partial charge in [-0.25, -0.2) is 4.98 Å². The molecular weight excluding hydrogens is 248 g/mol. The van der Waals surface area contributed by atoms with E-state index in [1.54, 1.807) is 12.3 Å². The summed E-state index contributed by atoms with van der Waals surface area (Å²) in [6.07, 6.45) is 2.57. The fourth-order valence-corrected chi connectivity index (χ4v) is 1.88. The van der Waals surface area contributed by atoms with Gasteiger partial charge in [0.2, 0.25) is 5.88 Å². The smallest absolute Gasteiger partial charge is 0.238 e. The van der Waals surface area contributed by atoms with E-state index in [4.69, 9.17) is 22.1 Å². The van der Waals surface area contributed by atoms with Gasteiger partial charge < -0.3 is 10.5 Å². The van der Waals surface area contributed by atoms with Crippen LogP contribution in [0.15, 0.2) is 36.5 Å². The molecule has 1 aromatic heterocycles. The zero-order valence-electron chi connectivity index (χ0n) is 10.2. The second-order valence-corrected chi connectivity index (χ2v) is 4.31. The highest BCUT2D eigenvalue weighted by molar-refractivity contribution is 6.31. The molecular formula is C14H15ClN2O. The van der Waals surface area contributed by atoms with Crippen molar-refractivity contribution in [1.82, 2.24) is 4.98 Å². The largest absolute Gasteiger partial charge is 0.437 e. The van der Waals surface area contributed by atoms with Crippen LogP contribution >= 0.6 is 11.6 Å². The summed E-state index contributed by atoms with van der Waals surface area (Å²) in [7, 11) is 0. The van der Waals surface area contributed by atoms with Gasteiger partial charge in [-0.3, -0.25) is 0 Å². The monoisotopic (exact) mass is 262 g/mol. The Labute approximate surface area is 112 Å². The molecule has 0 spiro atoms. The number of halogens is 1. The lowest BCUT2D eigenvalue weighted by Crippen LogP contribution is -1.99. The number of aryl methyl sites for hydroxylation is 1. The van der Waals surface area contributed by atoms with Crippen LogP contribution in [0.2, 0.25) is 5.02 Å². The van der Waals surface area contributed by atoms with Gasteiger partial charge in [-0.1, -0.05) is 36.7 Å². The van der Waals surface area contributed by atoms with Gasteiger partial charge in [0, 0.05) is 12.7 Å². The molecule has 0 fully saturated rings. The lowest BCUT2D eigenvalue weighted by Gasteiger charge is -2.10. The molecule has 0 aliphatic heterocycles. The maximum Gasteiger partial charge on any atom is 0.238 e. The Morgan fingerprint density at radius 3 is 2.78 bits per heavy atom. The van der Waals surface area contributed by atoms with E-state index >= 15 is 0 Å². The number of nitrogens with two attached hydrogens (primary N) is 1. The Kier molecular flexibility index (Phi) is 4.18. The molecule has 3 nitrogen and oxygen atoms in total. The zero-order valence-corrected chi connectivity index (χ0v) is 10.9. The van der Waals surface area contributed by atoms with E-state index in [2.05, 4.69) is 11.9 Å². The van der Waals surface area contributed by atoms with Crippen molar-refractivity contribution in [2.24, 2.45) is 5.73 Å². The molecule has 0 amide bonds. The molecule has 1 aromatic carbocycles. The van der Waals surface area contributed by atoms with Gasteiger partial charge in [0.15, 0.2) is 0 Å². The first-order valence-electron chi connectivity index (χ1n) is 5.84. The molecule has 0 saturated heterocycles. The number of rotatable bonds is 4. The Morgan fingerprint density at radius 1 is 1.33 bits per heavy atom. The Hall–Kier alpha value is -1.58. The molecule has 4 heteroatoms. The quantitative estimate of drug-likeness (QED) is 0.917. The molecule has 18 heavy (non-hydrogen) atoms. The summed E-state index contributed by atoms with van der Waals surface area (Å²) in [5.74, 6) is 1.20. The standard InChI is InChI=1S/C14H15ClN2O/c1-2-11-5-3-4-6-13(11)18-14-12(15)7-10(8-16)9-17-14/h3-7,9H,2,8,16H2,1H3. The summed E-state index contributed by atoms with van der Waals surface area (Å²) >= 11 is 6.11. The van der Waals surface area contributed by atoms with Crippen molar-refractivity contribution in [2.45, 2.75) is 19.9 Å². The molecule has 0 radical (unpaired) electrons. The van der Waals surface area contributed by atoms with E-state index in [1.807, 2.05) is 24.3 Å². The number of nitrogens with zero attached hydrogens (tertiary/aromatic N) is 1. The summed E-state index contributed by atoms with van der Waals surface area (Å²) in [6.45, 7) is 2.49. The first kappa shape index (κ1) is 12.9. The highest BCUT2D eigenvalue weighted by Gasteiger charge is 2.08. The first-order valence-corrected chi connectivity index (χ1v) is 6.22. The second-order valence-electron chi connectivity index (χ2n) is 3.90. The lowest BCUT2D eigenvalue weighted by atomic mass is 10.1. The molecule has 0 bridgehead atoms. The van der Waals surface area contributed by atoms with E-state index in [1.165, 1.54) is 0 Å². The van der Waals surface area contributed by atoms with E-state index < -0.39 is 0 Å². The van der Waals surface area contributed by atoms with Gasteiger partial charge >= 0.3 is 0 Å². The highest BCUT2D eigenvalue weighted by atomic mass is 35.5. The van der Waals surface area contributed by atoms with Crippen LogP contribution in [0.4, 0.5) is 0 Å². The van der Waals surface area contributed by atoms with Crippen molar-refractivity contribution in [3.63, 3.8) is 0 Å².